The summed E-state index contributed by atoms with van der Waals surface area (Å²) in [5.74, 6) is -0.314. The van der Waals surface area contributed by atoms with Gasteiger partial charge in [0.2, 0.25) is 5.91 Å². The minimum absolute atomic E-state index is 0.0656. The maximum atomic E-state index is 13.6. The molecule has 6 nitrogen and oxygen atoms in total. The number of hydrogen-bond donors (Lipinski definition) is 1. The molecule has 0 bridgehead atoms. The largest absolute Gasteiger partial charge is 0.346 e. The lowest BCUT2D eigenvalue weighted by molar-refractivity contribution is -0.122. The zero-order chi connectivity index (χ0) is 25.4. The van der Waals surface area contributed by atoms with Crippen LogP contribution in [-0.2, 0) is 11.3 Å². The molecule has 3 amide bonds. The average molecular weight is 482 g/mol. The van der Waals surface area contributed by atoms with Crippen LogP contribution in [0.3, 0.4) is 0 Å². The Morgan fingerprint density at radius 1 is 1.03 bits per heavy atom. The van der Waals surface area contributed by atoms with Gasteiger partial charge in [0.25, 0.3) is 11.8 Å². The number of rotatable bonds is 5. The molecule has 2 unspecified atom stereocenters. The van der Waals surface area contributed by atoms with E-state index in [1.165, 1.54) is 5.56 Å². The molecule has 0 saturated carbocycles. The number of nitrogens with zero attached hydrogens (tertiary/aromatic N) is 2. The molecule has 3 aromatic rings. The first-order valence-corrected chi connectivity index (χ1v) is 12.5. The topological polar surface area (TPSA) is 69.7 Å². The molecule has 2 atom stereocenters. The SMILES string of the molecule is Cc1ccc(C(C)NC(=O)c2cccc(CN3C(=O)C4CCCN4C(=O)c4ccccc43)c2)c(C)c1. The average Bonchev–Trinajstić information content (AvgIpc) is 3.34. The number of nitrogens with one attached hydrogen (secondary N) is 1. The monoisotopic (exact) mass is 481 g/mol. The Labute approximate surface area is 211 Å². The predicted molar refractivity (Wildman–Crippen MR) is 140 cm³/mol. The van der Waals surface area contributed by atoms with E-state index in [4.69, 9.17) is 0 Å². The van der Waals surface area contributed by atoms with E-state index < -0.39 is 6.04 Å². The molecule has 2 heterocycles. The summed E-state index contributed by atoms with van der Waals surface area (Å²) in [5.41, 5.74) is 5.97. The van der Waals surface area contributed by atoms with Gasteiger partial charge >= 0.3 is 0 Å². The van der Waals surface area contributed by atoms with E-state index in [1.807, 2.05) is 43.3 Å². The van der Waals surface area contributed by atoms with Gasteiger partial charge in [-0.15, -0.1) is 0 Å². The van der Waals surface area contributed by atoms with Crippen LogP contribution in [0.2, 0.25) is 0 Å². The summed E-state index contributed by atoms with van der Waals surface area (Å²) < 4.78 is 0. The highest BCUT2D eigenvalue weighted by molar-refractivity contribution is 6.11. The normalized spacial score (nSPS) is 17.9. The zero-order valence-electron chi connectivity index (χ0n) is 21.0. The lowest BCUT2D eigenvalue weighted by atomic mass is 10.00. The Balaban J connectivity index is 1.39. The Morgan fingerprint density at radius 2 is 1.83 bits per heavy atom. The highest BCUT2D eigenvalue weighted by atomic mass is 16.2. The van der Waals surface area contributed by atoms with Gasteiger partial charge in [0.05, 0.1) is 23.8 Å². The standard InChI is InChI=1S/C30H31N3O3/c1-19-13-14-24(20(2)16-19)21(3)31-28(34)23-9-6-8-22(17-23)18-33-26-11-5-4-10-25(26)29(35)32-15-7-12-27(32)30(33)36/h4-6,8-11,13-14,16-17,21,27H,7,12,15,18H2,1-3H3,(H,31,34). The van der Waals surface area contributed by atoms with Crippen LogP contribution in [-0.4, -0.2) is 35.2 Å². The Morgan fingerprint density at radius 3 is 2.64 bits per heavy atom. The molecule has 3 aromatic carbocycles. The van der Waals surface area contributed by atoms with Gasteiger partial charge in [-0.05, 0) is 74.6 Å². The van der Waals surface area contributed by atoms with E-state index >= 15 is 0 Å². The van der Waals surface area contributed by atoms with Crippen molar-refractivity contribution in [2.75, 3.05) is 11.4 Å². The van der Waals surface area contributed by atoms with Crippen LogP contribution < -0.4 is 10.2 Å². The number of para-hydroxylation sites is 1. The summed E-state index contributed by atoms with van der Waals surface area (Å²) in [6, 6.07) is 20.3. The predicted octanol–water partition coefficient (Wildman–Crippen LogP) is 4.95. The highest BCUT2D eigenvalue weighted by Gasteiger charge is 2.41. The molecule has 2 aliphatic rings. The molecule has 1 fully saturated rings. The van der Waals surface area contributed by atoms with Crippen LogP contribution in [0.5, 0.6) is 0 Å². The second-order valence-electron chi connectivity index (χ2n) is 9.85. The molecule has 0 radical (unpaired) electrons. The molecule has 6 heteroatoms. The molecule has 36 heavy (non-hydrogen) atoms. The van der Waals surface area contributed by atoms with Gasteiger partial charge < -0.3 is 15.1 Å². The number of carbonyl (C=O) groups excluding carboxylic acids is 3. The molecule has 0 spiro atoms. The van der Waals surface area contributed by atoms with Gasteiger partial charge in [-0.25, -0.2) is 0 Å². The smallest absolute Gasteiger partial charge is 0.256 e. The summed E-state index contributed by atoms with van der Waals surface area (Å²) in [7, 11) is 0. The van der Waals surface area contributed by atoms with E-state index in [1.54, 1.807) is 21.9 Å². The highest BCUT2D eigenvalue weighted by Crippen LogP contribution is 2.33. The van der Waals surface area contributed by atoms with Gasteiger partial charge in [0, 0.05) is 12.1 Å². The van der Waals surface area contributed by atoms with Crippen LogP contribution in [0.1, 0.15) is 68.8 Å². The lowest BCUT2D eigenvalue weighted by Crippen LogP contribution is -2.44. The van der Waals surface area contributed by atoms with Crippen LogP contribution >= 0.6 is 0 Å². The van der Waals surface area contributed by atoms with Crippen molar-refractivity contribution in [3.8, 4) is 0 Å². The van der Waals surface area contributed by atoms with E-state index in [2.05, 4.69) is 37.4 Å². The Kier molecular flexibility index (Phi) is 6.35. The summed E-state index contributed by atoms with van der Waals surface area (Å²) >= 11 is 0. The molecule has 1 N–H and O–H groups in total. The van der Waals surface area contributed by atoms with Crippen molar-refractivity contribution in [2.24, 2.45) is 0 Å². The number of benzene rings is 3. The molecule has 2 aliphatic heterocycles. The maximum absolute atomic E-state index is 13.6. The maximum Gasteiger partial charge on any atom is 0.256 e. The number of carbonyl (C=O) groups is 3. The van der Waals surface area contributed by atoms with Crippen LogP contribution in [0.4, 0.5) is 5.69 Å². The van der Waals surface area contributed by atoms with Crippen molar-refractivity contribution in [3.05, 3.63) is 100 Å². The van der Waals surface area contributed by atoms with Gasteiger partial charge in [-0.1, -0.05) is 48.0 Å². The zero-order valence-corrected chi connectivity index (χ0v) is 21.0. The van der Waals surface area contributed by atoms with E-state index in [0.29, 0.717) is 36.3 Å². The summed E-state index contributed by atoms with van der Waals surface area (Å²) in [6.07, 6.45) is 1.50. The minimum atomic E-state index is -0.435. The van der Waals surface area contributed by atoms with Gasteiger partial charge in [0.15, 0.2) is 0 Å². The summed E-state index contributed by atoms with van der Waals surface area (Å²) in [4.78, 5) is 43.3. The molecule has 5 rings (SSSR count). The number of hydrogen-bond acceptors (Lipinski definition) is 3. The first kappa shape index (κ1) is 23.8. The third-order valence-corrected chi connectivity index (χ3v) is 7.26. The van der Waals surface area contributed by atoms with Crippen molar-refractivity contribution in [2.45, 2.75) is 52.2 Å². The van der Waals surface area contributed by atoms with Gasteiger partial charge in [-0.3, -0.25) is 14.4 Å². The fourth-order valence-electron chi connectivity index (χ4n) is 5.44. The van der Waals surface area contributed by atoms with E-state index in [9.17, 15) is 14.4 Å². The molecular formula is C30H31N3O3. The molecule has 0 aromatic heterocycles. The lowest BCUT2D eigenvalue weighted by Gasteiger charge is -2.26. The summed E-state index contributed by atoms with van der Waals surface area (Å²) in [5, 5.41) is 3.10. The van der Waals surface area contributed by atoms with Crippen molar-refractivity contribution in [3.63, 3.8) is 0 Å². The number of fused-ring (bicyclic) bond motifs is 2. The number of anilines is 1. The number of aryl methyl sites for hydroxylation is 2. The fraction of sp³-hybridized carbons (Fsp3) is 0.300. The third-order valence-electron chi connectivity index (χ3n) is 7.26. The molecule has 0 aliphatic carbocycles. The van der Waals surface area contributed by atoms with Crippen LogP contribution in [0, 0.1) is 13.8 Å². The first-order chi connectivity index (χ1) is 17.3. The minimum Gasteiger partial charge on any atom is -0.346 e. The van der Waals surface area contributed by atoms with Gasteiger partial charge in [-0.2, -0.15) is 0 Å². The van der Waals surface area contributed by atoms with Crippen molar-refractivity contribution in [1.29, 1.82) is 0 Å². The molecule has 1 saturated heterocycles. The van der Waals surface area contributed by atoms with E-state index in [-0.39, 0.29) is 23.8 Å². The quantitative estimate of drug-likeness (QED) is 0.561. The molecular weight excluding hydrogens is 450 g/mol. The van der Waals surface area contributed by atoms with Crippen molar-refractivity contribution in [1.82, 2.24) is 10.2 Å². The van der Waals surface area contributed by atoms with E-state index in [0.717, 1.165) is 23.1 Å². The Hall–Kier alpha value is -3.93. The Bertz CT molecular complexity index is 1350. The third kappa shape index (κ3) is 4.39. The second kappa shape index (κ2) is 9.61. The van der Waals surface area contributed by atoms with Crippen molar-refractivity contribution >= 4 is 23.4 Å². The van der Waals surface area contributed by atoms with Crippen LogP contribution in [0.25, 0.3) is 0 Å². The second-order valence-corrected chi connectivity index (χ2v) is 9.85. The van der Waals surface area contributed by atoms with Crippen LogP contribution in [0.15, 0.2) is 66.7 Å². The van der Waals surface area contributed by atoms with Gasteiger partial charge in [0.1, 0.15) is 6.04 Å². The van der Waals surface area contributed by atoms with Crippen molar-refractivity contribution < 1.29 is 14.4 Å². The summed E-state index contributed by atoms with van der Waals surface area (Å²) in [6.45, 7) is 6.99. The number of amides is 3. The fourth-order valence-corrected chi connectivity index (χ4v) is 5.44. The molecule has 184 valence electrons. The first-order valence-electron chi connectivity index (χ1n) is 12.5.